The van der Waals surface area contributed by atoms with Crippen LogP contribution in [-0.2, 0) is 29.8 Å². The molecule has 0 saturated heterocycles. The summed E-state index contributed by atoms with van der Waals surface area (Å²) in [6.45, 7) is 1.18. The molecular formula is C5H10O8S2. The summed E-state index contributed by atoms with van der Waals surface area (Å²) in [5.41, 5.74) is 0. The Labute approximate surface area is 86.7 Å². The molecule has 0 bridgehead atoms. The number of ether oxygens (including phenoxy) is 1. The molecule has 0 saturated carbocycles. The van der Waals surface area contributed by atoms with E-state index in [0.717, 1.165) is 0 Å². The molecule has 0 spiro atoms. The number of rotatable bonds is 5. The Balaban J connectivity index is 5.01. The van der Waals surface area contributed by atoms with Gasteiger partial charge in [-0.3, -0.25) is 13.9 Å². The lowest BCUT2D eigenvalue weighted by Crippen LogP contribution is -2.37. The summed E-state index contributed by atoms with van der Waals surface area (Å²) in [7, 11) is -9.64. The first-order valence-corrected chi connectivity index (χ1v) is 6.77. The first-order valence-electron chi connectivity index (χ1n) is 3.66. The van der Waals surface area contributed by atoms with Crippen LogP contribution in [0.25, 0.3) is 0 Å². The third-order valence-electron chi connectivity index (χ3n) is 1.27. The van der Waals surface area contributed by atoms with Crippen molar-refractivity contribution >= 4 is 26.2 Å². The number of carbonyl (C=O) groups is 1. The first-order chi connectivity index (χ1) is 6.58. The highest BCUT2D eigenvalue weighted by atomic mass is 32.2. The molecule has 0 aliphatic rings. The second-order valence-corrected chi connectivity index (χ2v) is 5.60. The van der Waals surface area contributed by atoms with Crippen molar-refractivity contribution in [2.45, 2.75) is 12.2 Å². The Morgan fingerprint density at radius 2 is 1.73 bits per heavy atom. The van der Waals surface area contributed by atoms with E-state index >= 15 is 0 Å². The molecule has 0 heterocycles. The standard InChI is InChI=1S/C5H10O8S2/c1-2-13-5(6)4(15(10,11)12)3-14(7,8)9/h4H,2-3H2,1H3,(H,7,8,9)(H,10,11,12). The maximum Gasteiger partial charge on any atom is 0.328 e. The quantitative estimate of drug-likeness (QED) is 0.460. The van der Waals surface area contributed by atoms with Crippen molar-refractivity contribution in [2.75, 3.05) is 12.4 Å². The van der Waals surface area contributed by atoms with Crippen LogP contribution in [0.5, 0.6) is 0 Å². The third-order valence-corrected chi connectivity index (χ3v) is 3.31. The van der Waals surface area contributed by atoms with Crippen LogP contribution in [0.15, 0.2) is 0 Å². The molecule has 15 heavy (non-hydrogen) atoms. The zero-order valence-corrected chi connectivity index (χ0v) is 9.28. The average molecular weight is 262 g/mol. The molecule has 8 nitrogen and oxygen atoms in total. The Morgan fingerprint density at radius 3 is 2.00 bits per heavy atom. The van der Waals surface area contributed by atoms with E-state index in [1.165, 1.54) is 6.92 Å². The van der Waals surface area contributed by atoms with Gasteiger partial charge in [-0.25, -0.2) is 0 Å². The molecule has 10 heteroatoms. The summed E-state index contributed by atoms with van der Waals surface area (Å²) in [4.78, 5) is 10.9. The number of esters is 1. The van der Waals surface area contributed by atoms with Gasteiger partial charge in [0.25, 0.3) is 20.2 Å². The van der Waals surface area contributed by atoms with Crippen molar-refractivity contribution in [1.29, 1.82) is 0 Å². The molecule has 90 valence electrons. The van der Waals surface area contributed by atoms with Gasteiger partial charge in [0, 0.05) is 0 Å². The Bertz CT molecular complexity index is 418. The fourth-order valence-corrected chi connectivity index (χ4v) is 2.74. The molecule has 0 aliphatic carbocycles. The SMILES string of the molecule is CCOC(=O)C(CS(=O)(=O)O)S(=O)(=O)O. The predicted octanol–water partition coefficient (Wildman–Crippen LogP) is -1.31. The number of carbonyl (C=O) groups excluding carboxylic acids is 1. The van der Waals surface area contributed by atoms with Crippen LogP contribution in [0.1, 0.15) is 6.92 Å². The fraction of sp³-hybridized carbons (Fsp3) is 0.800. The number of hydrogen-bond donors (Lipinski definition) is 2. The molecule has 0 aromatic rings. The molecule has 1 unspecified atom stereocenters. The van der Waals surface area contributed by atoms with Crippen LogP contribution in [0, 0.1) is 0 Å². The van der Waals surface area contributed by atoms with E-state index < -0.39 is 37.2 Å². The smallest absolute Gasteiger partial charge is 0.328 e. The van der Waals surface area contributed by atoms with E-state index in [2.05, 4.69) is 4.74 Å². The third kappa shape index (κ3) is 5.67. The lowest BCUT2D eigenvalue weighted by molar-refractivity contribution is -0.142. The van der Waals surface area contributed by atoms with E-state index in [9.17, 15) is 21.6 Å². The summed E-state index contributed by atoms with van der Waals surface area (Å²) in [5, 5.41) is -2.33. The molecule has 0 fully saturated rings. The summed E-state index contributed by atoms with van der Waals surface area (Å²) in [6, 6.07) is 0. The van der Waals surface area contributed by atoms with Gasteiger partial charge in [-0.05, 0) is 6.92 Å². The average Bonchev–Trinajstić information content (AvgIpc) is 1.97. The van der Waals surface area contributed by atoms with E-state index in [1.54, 1.807) is 0 Å². The lowest BCUT2D eigenvalue weighted by Gasteiger charge is -2.10. The summed E-state index contributed by atoms with van der Waals surface area (Å²) < 4.78 is 63.1. The molecule has 2 N–H and O–H groups in total. The lowest BCUT2D eigenvalue weighted by atomic mass is 10.5. The Kier molecular flexibility index (Phi) is 4.65. The molecule has 0 aromatic carbocycles. The minimum Gasteiger partial charge on any atom is -0.465 e. The highest BCUT2D eigenvalue weighted by Crippen LogP contribution is 2.05. The van der Waals surface area contributed by atoms with Crippen LogP contribution in [0.2, 0.25) is 0 Å². The van der Waals surface area contributed by atoms with Crippen LogP contribution >= 0.6 is 0 Å². The molecule has 1 atom stereocenters. The second-order valence-electron chi connectivity index (χ2n) is 2.50. The van der Waals surface area contributed by atoms with Crippen LogP contribution in [0.3, 0.4) is 0 Å². The minimum absolute atomic E-state index is 0.184. The molecule has 0 aromatic heterocycles. The van der Waals surface area contributed by atoms with Gasteiger partial charge in [0.15, 0.2) is 5.25 Å². The molecule has 0 aliphatic heterocycles. The van der Waals surface area contributed by atoms with Crippen molar-refractivity contribution in [3.8, 4) is 0 Å². The maximum atomic E-state index is 10.9. The van der Waals surface area contributed by atoms with Crippen molar-refractivity contribution in [2.24, 2.45) is 0 Å². The first kappa shape index (κ1) is 14.3. The van der Waals surface area contributed by atoms with Gasteiger partial charge >= 0.3 is 5.97 Å². The maximum absolute atomic E-state index is 10.9. The van der Waals surface area contributed by atoms with Crippen LogP contribution < -0.4 is 0 Å². The Morgan fingerprint density at radius 1 is 1.27 bits per heavy atom. The van der Waals surface area contributed by atoms with Crippen molar-refractivity contribution < 1.29 is 35.5 Å². The van der Waals surface area contributed by atoms with Gasteiger partial charge < -0.3 is 4.74 Å². The van der Waals surface area contributed by atoms with E-state index in [1.807, 2.05) is 0 Å². The minimum atomic E-state index is -4.93. The van der Waals surface area contributed by atoms with Crippen molar-refractivity contribution in [3.05, 3.63) is 0 Å². The summed E-state index contributed by atoms with van der Waals surface area (Å²) in [5.74, 6) is -2.87. The highest BCUT2D eigenvalue weighted by Gasteiger charge is 2.36. The zero-order valence-electron chi connectivity index (χ0n) is 7.65. The van der Waals surface area contributed by atoms with Crippen LogP contribution in [0.4, 0.5) is 0 Å². The number of hydrogen-bond acceptors (Lipinski definition) is 6. The van der Waals surface area contributed by atoms with E-state index in [-0.39, 0.29) is 6.61 Å². The monoisotopic (exact) mass is 262 g/mol. The normalized spacial score (nSPS) is 14.6. The summed E-state index contributed by atoms with van der Waals surface area (Å²) in [6.07, 6.45) is 0. The van der Waals surface area contributed by atoms with E-state index in [0.29, 0.717) is 0 Å². The van der Waals surface area contributed by atoms with Gasteiger partial charge in [0.05, 0.1) is 6.61 Å². The Hall–Kier alpha value is -0.710. The fourth-order valence-electron chi connectivity index (χ4n) is 0.702. The van der Waals surface area contributed by atoms with Crippen molar-refractivity contribution in [3.63, 3.8) is 0 Å². The largest absolute Gasteiger partial charge is 0.465 e. The topological polar surface area (TPSA) is 135 Å². The molecule has 0 radical (unpaired) electrons. The van der Waals surface area contributed by atoms with Crippen LogP contribution in [-0.4, -0.2) is 49.5 Å². The van der Waals surface area contributed by atoms with Gasteiger partial charge in [-0.1, -0.05) is 0 Å². The second kappa shape index (κ2) is 4.88. The summed E-state index contributed by atoms with van der Waals surface area (Å²) >= 11 is 0. The molecular weight excluding hydrogens is 252 g/mol. The zero-order chi connectivity index (χ0) is 12.3. The van der Waals surface area contributed by atoms with Gasteiger partial charge in [0.2, 0.25) is 0 Å². The van der Waals surface area contributed by atoms with Gasteiger partial charge in [0.1, 0.15) is 5.75 Å². The predicted molar refractivity (Wildman–Crippen MR) is 48.4 cm³/mol. The molecule has 0 amide bonds. The van der Waals surface area contributed by atoms with Gasteiger partial charge in [-0.2, -0.15) is 16.8 Å². The van der Waals surface area contributed by atoms with Gasteiger partial charge in [-0.15, -0.1) is 0 Å². The van der Waals surface area contributed by atoms with E-state index in [4.69, 9.17) is 9.11 Å². The molecule has 0 rings (SSSR count). The highest BCUT2D eigenvalue weighted by molar-refractivity contribution is 7.90. The van der Waals surface area contributed by atoms with Crippen molar-refractivity contribution in [1.82, 2.24) is 0 Å².